The number of nitrogens with zero attached hydrogens (tertiary/aromatic N) is 2. The van der Waals surface area contributed by atoms with Crippen molar-refractivity contribution in [3.8, 4) is 5.75 Å². The van der Waals surface area contributed by atoms with Crippen LogP contribution in [0, 0.1) is 23.2 Å². The van der Waals surface area contributed by atoms with Crippen molar-refractivity contribution in [1.82, 2.24) is 10.2 Å². The maximum absolute atomic E-state index is 14.5. The predicted molar refractivity (Wildman–Crippen MR) is 177 cm³/mol. The fraction of sp³-hybridized carbons (Fsp3) is 0.459. The van der Waals surface area contributed by atoms with Crippen LogP contribution in [0.2, 0.25) is 0 Å². The van der Waals surface area contributed by atoms with Crippen molar-refractivity contribution >= 4 is 23.4 Å². The van der Waals surface area contributed by atoms with Gasteiger partial charge < -0.3 is 20.7 Å². The summed E-state index contributed by atoms with van der Waals surface area (Å²) in [7, 11) is 0. The van der Waals surface area contributed by atoms with Gasteiger partial charge in [-0.15, -0.1) is 0 Å². The highest BCUT2D eigenvalue weighted by Gasteiger charge is 2.54. The van der Waals surface area contributed by atoms with Crippen LogP contribution in [0.4, 0.5) is 0 Å². The molecule has 1 unspecified atom stereocenters. The van der Waals surface area contributed by atoms with Gasteiger partial charge in [0.05, 0.1) is 12.6 Å². The molecule has 0 radical (unpaired) electrons. The van der Waals surface area contributed by atoms with Crippen molar-refractivity contribution in [3.63, 3.8) is 0 Å². The summed E-state index contributed by atoms with van der Waals surface area (Å²) < 4.78 is 6.04. The van der Waals surface area contributed by atoms with Gasteiger partial charge in [0.2, 0.25) is 0 Å². The molecule has 6 rings (SSSR count). The number of hydrogen-bond acceptors (Lipinski definition) is 5. The van der Waals surface area contributed by atoms with E-state index in [1.54, 1.807) is 0 Å². The SMILES string of the molecule is CC(C)C1CCC2(CC1)N=C(c1ccc(OCC3=CCCC=C3)cc1)C(=O)N2C(c1ccc(C(=O)NCC(=N)N)cc1)C1CC1. The average molecular weight is 608 g/mol. The molecule has 4 aliphatic rings. The van der Waals surface area contributed by atoms with Gasteiger partial charge in [0.1, 0.15) is 29.6 Å². The van der Waals surface area contributed by atoms with E-state index < -0.39 is 5.66 Å². The molecule has 2 amide bonds. The summed E-state index contributed by atoms with van der Waals surface area (Å²) in [6, 6.07) is 15.3. The third-order valence-electron chi connectivity index (χ3n) is 9.87. The monoisotopic (exact) mass is 607 g/mol. The molecule has 0 saturated heterocycles. The summed E-state index contributed by atoms with van der Waals surface area (Å²) in [5.41, 5.74) is 8.92. The summed E-state index contributed by atoms with van der Waals surface area (Å²) in [4.78, 5) is 34.6. The smallest absolute Gasteiger partial charge is 0.275 e. The third-order valence-corrected chi connectivity index (χ3v) is 9.87. The Kier molecular flexibility index (Phi) is 8.92. The first-order valence-electron chi connectivity index (χ1n) is 16.5. The summed E-state index contributed by atoms with van der Waals surface area (Å²) in [5, 5.41) is 10.1. The fourth-order valence-electron chi connectivity index (χ4n) is 7.11. The van der Waals surface area contributed by atoms with E-state index in [-0.39, 0.29) is 30.2 Å². The molecular weight excluding hydrogens is 562 g/mol. The second-order valence-electron chi connectivity index (χ2n) is 13.4. The number of amidine groups is 1. The first-order chi connectivity index (χ1) is 21.7. The Hall–Kier alpha value is -4.20. The Labute approximate surface area is 266 Å². The lowest BCUT2D eigenvalue weighted by atomic mass is 9.76. The molecule has 236 valence electrons. The van der Waals surface area contributed by atoms with E-state index >= 15 is 0 Å². The number of ether oxygens (including phenoxy) is 1. The lowest BCUT2D eigenvalue weighted by Crippen LogP contribution is -2.51. The Bertz CT molecular complexity index is 1510. The molecule has 45 heavy (non-hydrogen) atoms. The van der Waals surface area contributed by atoms with Crippen molar-refractivity contribution in [2.24, 2.45) is 28.5 Å². The van der Waals surface area contributed by atoms with E-state index in [4.69, 9.17) is 20.9 Å². The minimum atomic E-state index is -0.572. The molecule has 0 aromatic heterocycles. The van der Waals surface area contributed by atoms with E-state index in [1.165, 1.54) is 5.57 Å². The van der Waals surface area contributed by atoms with Crippen LogP contribution in [-0.4, -0.2) is 47.1 Å². The maximum atomic E-state index is 14.5. The van der Waals surface area contributed by atoms with Crippen LogP contribution >= 0.6 is 0 Å². The molecule has 1 spiro atoms. The van der Waals surface area contributed by atoms with Gasteiger partial charge in [0.25, 0.3) is 11.8 Å². The normalized spacial score (nSPS) is 23.6. The number of hydrogen-bond donors (Lipinski definition) is 3. The van der Waals surface area contributed by atoms with Crippen molar-refractivity contribution in [3.05, 3.63) is 89.0 Å². The van der Waals surface area contributed by atoms with Crippen molar-refractivity contribution in [2.75, 3.05) is 13.2 Å². The van der Waals surface area contributed by atoms with Crippen LogP contribution in [0.15, 0.2) is 77.3 Å². The topological polar surface area (TPSA) is 121 Å². The van der Waals surface area contributed by atoms with E-state index in [2.05, 4.69) is 42.3 Å². The minimum Gasteiger partial charge on any atom is -0.489 e. The van der Waals surface area contributed by atoms with Gasteiger partial charge in [0, 0.05) is 11.1 Å². The molecule has 1 aliphatic heterocycles. The number of aliphatic imine (C=N–C) groups is 1. The molecular formula is C37H45N5O3. The summed E-state index contributed by atoms with van der Waals surface area (Å²) in [6.45, 7) is 5.13. The number of amides is 2. The van der Waals surface area contributed by atoms with Crippen LogP contribution < -0.4 is 15.8 Å². The van der Waals surface area contributed by atoms with Crippen LogP contribution in [0.25, 0.3) is 0 Å². The third kappa shape index (κ3) is 6.75. The quantitative estimate of drug-likeness (QED) is 0.204. The first kappa shape index (κ1) is 30.8. The molecule has 8 heteroatoms. The second kappa shape index (κ2) is 13.0. The zero-order chi connectivity index (χ0) is 31.6. The van der Waals surface area contributed by atoms with Crippen LogP contribution in [0.3, 0.4) is 0 Å². The second-order valence-corrected chi connectivity index (χ2v) is 13.4. The fourth-order valence-corrected chi connectivity index (χ4v) is 7.11. The zero-order valence-corrected chi connectivity index (χ0v) is 26.4. The molecule has 2 saturated carbocycles. The summed E-state index contributed by atoms with van der Waals surface area (Å²) in [6.07, 6.45) is 14.6. The first-order valence-corrected chi connectivity index (χ1v) is 16.5. The van der Waals surface area contributed by atoms with E-state index in [9.17, 15) is 9.59 Å². The lowest BCUT2D eigenvalue weighted by molar-refractivity contribution is -0.134. The van der Waals surface area contributed by atoms with E-state index in [0.717, 1.165) is 68.2 Å². The van der Waals surface area contributed by atoms with Gasteiger partial charge in [-0.2, -0.15) is 0 Å². The number of carbonyl (C=O) groups excluding carboxylic acids is 2. The molecule has 1 atom stereocenters. The molecule has 8 nitrogen and oxygen atoms in total. The molecule has 2 fully saturated rings. The highest BCUT2D eigenvalue weighted by Crippen LogP contribution is 2.53. The molecule has 0 bridgehead atoms. The average Bonchev–Trinajstić information content (AvgIpc) is 3.86. The van der Waals surface area contributed by atoms with Gasteiger partial charge in [-0.25, -0.2) is 0 Å². The van der Waals surface area contributed by atoms with Crippen molar-refractivity contribution < 1.29 is 14.3 Å². The number of nitrogens with one attached hydrogen (secondary N) is 2. The molecule has 1 heterocycles. The lowest BCUT2D eigenvalue weighted by Gasteiger charge is -2.46. The molecule has 2 aromatic rings. The number of benzene rings is 2. The van der Waals surface area contributed by atoms with Gasteiger partial charge in [-0.05, 0) is 117 Å². The largest absolute Gasteiger partial charge is 0.489 e. The van der Waals surface area contributed by atoms with E-state index in [0.29, 0.717) is 35.6 Å². The summed E-state index contributed by atoms with van der Waals surface area (Å²) >= 11 is 0. The standard InChI is InChI=1S/C37H45N5O3/c1-24(2)26-18-20-37(21-19-26)41-33(27-14-16-31(17-15-27)45-23-25-6-4-3-5-7-25)36(44)42(37)34(28-8-9-28)29-10-12-30(13-11-29)35(43)40-22-32(38)39/h4,6-7,10-17,24,26,28,34H,3,5,8-9,18-23H2,1-2H3,(H3,38,39)(H,40,43). The Morgan fingerprint density at radius 2 is 1.76 bits per heavy atom. The Morgan fingerprint density at radius 3 is 2.36 bits per heavy atom. The van der Waals surface area contributed by atoms with Crippen LogP contribution in [0.1, 0.15) is 92.7 Å². The predicted octanol–water partition coefficient (Wildman–Crippen LogP) is 6.33. The Balaban J connectivity index is 1.27. The number of carbonyl (C=O) groups is 2. The van der Waals surface area contributed by atoms with Crippen LogP contribution in [-0.2, 0) is 4.79 Å². The molecule has 4 N–H and O–H groups in total. The van der Waals surface area contributed by atoms with Gasteiger partial charge in [0.15, 0.2) is 0 Å². The number of allylic oxidation sites excluding steroid dienone is 2. The van der Waals surface area contributed by atoms with Gasteiger partial charge >= 0.3 is 0 Å². The number of rotatable bonds is 11. The highest BCUT2D eigenvalue weighted by atomic mass is 16.5. The zero-order valence-electron chi connectivity index (χ0n) is 26.4. The van der Waals surface area contributed by atoms with Crippen molar-refractivity contribution in [1.29, 1.82) is 5.41 Å². The highest BCUT2D eigenvalue weighted by molar-refractivity contribution is 6.46. The van der Waals surface area contributed by atoms with E-state index in [1.807, 2.05) is 48.5 Å². The summed E-state index contributed by atoms with van der Waals surface area (Å²) in [5.74, 6) is 1.99. The van der Waals surface area contributed by atoms with Crippen molar-refractivity contribution in [2.45, 2.75) is 76.9 Å². The Morgan fingerprint density at radius 1 is 1.04 bits per heavy atom. The number of nitrogens with two attached hydrogens (primary N) is 1. The maximum Gasteiger partial charge on any atom is 0.275 e. The minimum absolute atomic E-state index is 0.00987. The molecule has 3 aliphatic carbocycles. The van der Waals surface area contributed by atoms with Gasteiger partial charge in [-0.3, -0.25) is 20.0 Å². The molecule has 2 aromatic carbocycles. The van der Waals surface area contributed by atoms with Gasteiger partial charge in [-0.1, -0.05) is 44.2 Å². The van der Waals surface area contributed by atoms with Crippen LogP contribution in [0.5, 0.6) is 5.75 Å².